The summed E-state index contributed by atoms with van der Waals surface area (Å²) in [7, 11) is 0. The van der Waals surface area contributed by atoms with Gasteiger partial charge in [-0.1, -0.05) is 36.4 Å². The first-order chi connectivity index (χ1) is 14.6. The van der Waals surface area contributed by atoms with Gasteiger partial charge < -0.3 is 15.1 Å². The number of piperidine rings is 1. The van der Waals surface area contributed by atoms with E-state index in [0.29, 0.717) is 38.9 Å². The van der Waals surface area contributed by atoms with Gasteiger partial charge in [-0.2, -0.15) is 0 Å². The van der Waals surface area contributed by atoms with Gasteiger partial charge in [0.15, 0.2) is 0 Å². The molecule has 1 N–H and O–H groups in total. The molecule has 0 saturated carbocycles. The number of likely N-dealkylation sites (tertiary alicyclic amines) is 2. The molecule has 6 heteroatoms. The third kappa shape index (κ3) is 4.48. The van der Waals surface area contributed by atoms with Crippen molar-refractivity contribution in [3.63, 3.8) is 0 Å². The Balaban J connectivity index is 1.26. The Kier molecular flexibility index (Phi) is 6.31. The highest BCUT2D eigenvalue weighted by molar-refractivity contribution is 6.07. The van der Waals surface area contributed by atoms with Crippen LogP contribution >= 0.6 is 0 Å². The smallest absolute Gasteiger partial charge is 0.254 e. The maximum atomic E-state index is 13.0. The molecular formula is C24H29N3O3. The minimum absolute atomic E-state index is 0.00137. The second-order valence-electron chi connectivity index (χ2n) is 8.22. The van der Waals surface area contributed by atoms with Crippen LogP contribution in [0.1, 0.15) is 42.5 Å². The highest BCUT2D eigenvalue weighted by Crippen LogP contribution is 2.23. The molecule has 0 unspecified atom stereocenters. The first-order valence-corrected chi connectivity index (χ1v) is 11.0. The van der Waals surface area contributed by atoms with E-state index in [4.69, 9.17) is 0 Å². The molecule has 6 nitrogen and oxygen atoms in total. The SMILES string of the molecule is O=C(NCCC(=O)N1CCCC1)C1CCN(C(=O)c2cccc3ccccc23)CC1. The summed E-state index contributed by atoms with van der Waals surface area (Å²) in [6, 6.07) is 13.7. The Morgan fingerprint density at radius 3 is 2.33 bits per heavy atom. The van der Waals surface area contributed by atoms with Gasteiger partial charge >= 0.3 is 0 Å². The van der Waals surface area contributed by atoms with E-state index in [1.807, 2.05) is 52.3 Å². The molecule has 2 aliphatic rings. The minimum Gasteiger partial charge on any atom is -0.355 e. The lowest BCUT2D eigenvalue weighted by molar-refractivity contribution is -0.130. The average molecular weight is 408 g/mol. The largest absolute Gasteiger partial charge is 0.355 e. The Labute approximate surface area is 177 Å². The number of carbonyl (C=O) groups is 3. The molecule has 2 heterocycles. The average Bonchev–Trinajstić information content (AvgIpc) is 3.33. The molecule has 0 spiro atoms. The number of rotatable bonds is 5. The van der Waals surface area contributed by atoms with Crippen molar-refractivity contribution in [3.05, 3.63) is 48.0 Å². The fourth-order valence-electron chi connectivity index (χ4n) is 4.49. The molecule has 2 aromatic carbocycles. The van der Waals surface area contributed by atoms with Gasteiger partial charge in [-0.15, -0.1) is 0 Å². The molecule has 158 valence electrons. The summed E-state index contributed by atoms with van der Waals surface area (Å²) in [5, 5.41) is 4.94. The molecule has 0 atom stereocenters. The number of nitrogens with one attached hydrogen (secondary N) is 1. The number of fused-ring (bicyclic) bond motifs is 1. The molecular weight excluding hydrogens is 378 g/mol. The molecule has 4 rings (SSSR count). The normalized spacial score (nSPS) is 17.3. The zero-order valence-electron chi connectivity index (χ0n) is 17.3. The summed E-state index contributed by atoms with van der Waals surface area (Å²) < 4.78 is 0. The van der Waals surface area contributed by atoms with Gasteiger partial charge in [-0.05, 0) is 42.5 Å². The standard InChI is InChI=1S/C24H29N3O3/c28-22(26-14-3-4-15-26)10-13-25-23(29)19-11-16-27(17-12-19)24(30)21-9-5-7-18-6-1-2-8-20(18)21/h1-2,5-9,19H,3-4,10-17H2,(H,25,29). The highest BCUT2D eigenvalue weighted by Gasteiger charge is 2.28. The third-order valence-corrected chi connectivity index (χ3v) is 6.27. The van der Waals surface area contributed by atoms with Gasteiger partial charge in [-0.3, -0.25) is 14.4 Å². The molecule has 3 amide bonds. The number of hydrogen-bond acceptors (Lipinski definition) is 3. The van der Waals surface area contributed by atoms with E-state index in [1.165, 1.54) is 0 Å². The van der Waals surface area contributed by atoms with E-state index >= 15 is 0 Å². The van der Waals surface area contributed by atoms with Gasteiger partial charge in [0, 0.05) is 50.6 Å². The summed E-state index contributed by atoms with van der Waals surface area (Å²) >= 11 is 0. The van der Waals surface area contributed by atoms with Gasteiger partial charge in [0.1, 0.15) is 0 Å². The Bertz CT molecular complexity index is 923. The van der Waals surface area contributed by atoms with Crippen LogP contribution in [0.4, 0.5) is 0 Å². The lowest BCUT2D eigenvalue weighted by Gasteiger charge is -2.31. The van der Waals surface area contributed by atoms with Crippen molar-refractivity contribution in [3.8, 4) is 0 Å². The van der Waals surface area contributed by atoms with Crippen LogP contribution in [0.25, 0.3) is 10.8 Å². The minimum atomic E-state index is -0.0940. The van der Waals surface area contributed by atoms with Crippen molar-refractivity contribution < 1.29 is 14.4 Å². The van der Waals surface area contributed by atoms with Crippen molar-refractivity contribution in [1.82, 2.24) is 15.1 Å². The second-order valence-corrected chi connectivity index (χ2v) is 8.22. The van der Waals surface area contributed by atoms with Crippen molar-refractivity contribution >= 4 is 28.5 Å². The molecule has 0 bridgehead atoms. The number of hydrogen-bond donors (Lipinski definition) is 1. The Hall–Kier alpha value is -2.89. The van der Waals surface area contributed by atoms with Gasteiger partial charge in [0.05, 0.1) is 0 Å². The summed E-state index contributed by atoms with van der Waals surface area (Å²) in [6.45, 7) is 3.23. The zero-order valence-corrected chi connectivity index (χ0v) is 17.3. The van der Waals surface area contributed by atoms with E-state index in [9.17, 15) is 14.4 Å². The summed E-state index contributed by atoms with van der Waals surface area (Å²) in [5.74, 6) is 0.0649. The van der Waals surface area contributed by atoms with Crippen LogP contribution < -0.4 is 5.32 Å². The van der Waals surface area contributed by atoms with Gasteiger partial charge in [-0.25, -0.2) is 0 Å². The van der Waals surface area contributed by atoms with Crippen LogP contribution in [0.2, 0.25) is 0 Å². The number of carbonyl (C=O) groups excluding carboxylic acids is 3. The number of nitrogens with zero attached hydrogens (tertiary/aromatic N) is 2. The zero-order chi connectivity index (χ0) is 20.9. The molecule has 30 heavy (non-hydrogen) atoms. The van der Waals surface area contributed by atoms with Crippen LogP contribution in [0.15, 0.2) is 42.5 Å². The number of benzene rings is 2. The van der Waals surface area contributed by atoms with Crippen molar-refractivity contribution in [2.45, 2.75) is 32.1 Å². The van der Waals surface area contributed by atoms with Crippen molar-refractivity contribution in [2.75, 3.05) is 32.7 Å². The first kappa shape index (κ1) is 20.4. The second kappa shape index (κ2) is 9.28. The van der Waals surface area contributed by atoms with Crippen LogP contribution in [-0.4, -0.2) is 60.2 Å². The quantitative estimate of drug-likeness (QED) is 0.829. The van der Waals surface area contributed by atoms with Crippen molar-refractivity contribution in [2.24, 2.45) is 5.92 Å². The maximum absolute atomic E-state index is 13.0. The molecule has 0 aliphatic carbocycles. The van der Waals surface area contributed by atoms with Crippen molar-refractivity contribution in [1.29, 1.82) is 0 Å². The molecule has 2 aromatic rings. The van der Waals surface area contributed by atoms with E-state index in [0.717, 1.165) is 42.3 Å². The van der Waals surface area contributed by atoms with Gasteiger partial charge in [0.2, 0.25) is 11.8 Å². The lowest BCUT2D eigenvalue weighted by atomic mass is 9.94. The topological polar surface area (TPSA) is 69.7 Å². The summed E-state index contributed by atoms with van der Waals surface area (Å²) in [5.41, 5.74) is 0.719. The molecule has 0 aromatic heterocycles. The van der Waals surface area contributed by atoms with E-state index in [-0.39, 0.29) is 23.6 Å². The van der Waals surface area contributed by atoms with Crippen LogP contribution in [0, 0.1) is 5.92 Å². The predicted octanol–water partition coefficient (Wildman–Crippen LogP) is 2.82. The monoisotopic (exact) mass is 407 g/mol. The Morgan fingerprint density at radius 1 is 0.867 bits per heavy atom. The van der Waals surface area contributed by atoms with E-state index in [1.54, 1.807) is 0 Å². The summed E-state index contributed by atoms with van der Waals surface area (Å²) in [6.07, 6.45) is 3.83. The first-order valence-electron chi connectivity index (χ1n) is 11.0. The lowest BCUT2D eigenvalue weighted by Crippen LogP contribution is -2.43. The van der Waals surface area contributed by atoms with E-state index < -0.39 is 0 Å². The van der Waals surface area contributed by atoms with Crippen LogP contribution in [0.5, 0.6) is 0 Å². The third-order valence-electron chi connectivity index (χ3n) is 6.27. The maximum Gasteiger partial charge on any atom is 0.254 e. The fraction of sp³-hybridized carbons (Fsp3) is 0.458. The van der Waals surface area contributed by atoms with Crippen LogP contribution in [-0.2, 0) is 9.59 Å². The number of amides is 3. The molecule has 0 radical (unpaired) electrons. The highest BCUT2D eigenvalue weighted by atomic mass is 16.2. The fourth-order valence-corrected chi connectivity index (χ4v) is 4.49. The Morgan fingerprint density at radius 2 is 1.57 bits per heavy atom. The van der Waals surface area contributed by atoms with Gasteiger partial charge in [0.25, 0.3) is 5.91 Å². The van der Waals surface area contributed by atoms with Crippen LogP contribution in [0.3, 0.4) is 0 Å². The molecule has 2 fully saturated rings. The predicted molar refractivity (Wildman–Crippen MR) is 116 cm³/mol. The summed E-state index contributed by atoms with van der Waals surface area (Å²) in [4.78, 5) is 41.3. The van der Waals surface area contributed by atoms with E-state index in [2.05, 4.69) is 5.32 Å². The molecule has 2 saturated heterocycles. The molecule has 2 aliphatic heterocycles.